The Balaban J connectivity index is 0.00000243. The SMILES string of the molecule is CC(C)c1ccc(CCC(=O)Nc2ccc3c(c2F)CCNC3)cc1.Cl. The van der Waals surface area contributed by atoms with Crippen LogP contribution in [0.1, 0.15) is 48.4 Å². The van der Waals surface area contributed by atoms with Gasteiger partial charge in [0, 0.05) is 13.0 Å². The van der Waals surface area contributed by atoms with Gasteiger partial charge in [0.25, 0.3) is 0 Å². The monoisotopic (exact) mass is 376 g/mol. The quantitative estimate of drug-likeness (QED) is 0.801. The maximum absolute atomic E-state index is 14.6. The molecule has 0 saturated carbocycles. The van der Waals surface area contributed by atoms with E-state index < -0.39 is 0 Å². The van der Waals surface area contributed by atoms with Crippen LogP contribution in [-0.2, 0) is 24.2 Å². The molecule has 0 atom stereocenters. The molecule has 5 heteroatoms. The van der Waals surface area contributed by atoms with Crippen molar-refractivity contribution in [1.29, 1.82) is 0 Å². The zero-order chi connectivity index (χ0) is 17.8. The number of anilines is 1. The molecule has 0 unspecified atom stereocenters. The zero-order valence-corrected chi connectivity index (χ0v) is 16.1. The van der Waals surface area contributed by atoms with Crippen molar-refractivity contribution in [3.63, 3.8) is 0 Å². The van der Waals surface area contributed by atoms with Gasteiger partial charge in [0.05, 0.1) is 5.69 Å². The molecule has 1 aliphatic heterocycles. The van der Waals surface area contributed by atoms with E-state index in [4.69, 9.17) is 0 Å². The maximum Gasteiger partial charge on any atom is 0.224 e. The first kappa shape index (κ1) is 20.4. The van der Waals surface area contributed by atoms with Crippen molar-refractivity contribution >= 4 is 24.0 Å². The first-order chi connectivity index (χ1) is 12.0. The molecule has 1 amide bonds. The molecule has 0 radical (unpaired) electrons. The Morgan fingerprint density at radius 3 is 2.62 bits per heavy atom. The molecule has 140 valence electrons. The Morgan fingerprint density at radius 1 is 1.19 bits per heavy atom. The molecule has 0 saturated heterocycles. The maximum atomic E-state index is 14.6. The Hall–Kier alpha value is -1.91. The Labute approximate surface area is 160 Å². The Kier molecular flexibility index (Phi) is 7.18. The average molecular weight is 377 g/mol. The molecule has 0 spiro atoms. The van der Waals surface area contributed by atoms with E-state index in [9.17, 15) is 9.18 Å². The summed E-state index contributed by atoms with van der Waals surface area (Å²) < 4.78 is 14.6. The molecule has 3 rings (SSSR count). The molecule has 0 aliphatic carbocycles. The highest BCUT2D eigenvalue weighted by Gasteiger charge is 2.17. The summed E-state index contributed by atoms with van der Waals surface area (Å²) in [7, 11) is 0. The minimum absolute atomic E-state index is 0. The van der Waals surface area contributed by atoms with E-state index in [-0.39, 0.29) is 24.1 Å². The van der Waals surface area contributed by atoms with Gasteiger partial charge in [-0.2, -0.15) is 0 Å². The van der Waals surface area contributed by atoms with Crippen molar-refractivity contribution in [3.05, 3.63) is 64.5 Å². The van der Waals surface area contributed by atoms with Gasteiger partial charge in [-0.3, -0.25) is 4.79 Å². The summed E-state index contributed by atoms with van der Waals surface area (Å²) in [5.41, 5.74) is 4.41. The predicted molar refractivity (Wildman–Crippen MR) is 107 cm³/mol. The topological polar surface area (TPSA) is 41.1 Å². The number of rotatable bonds is 5. The molecule has 0 bridgehead atoms. The van der Waals surface area contributed by atoms with Gasteiger partial charge in [-0.1, -0.05) is 44.2 Å². The molecule has 0 fully saturated rings. The lowest BCUT2D eigenvalue weighted by Gasteiger charge is -2.19. The van der Waals surface area contributed by atoms with Gasteiger partial charge in [-0.25, -0.2) is 4.39 Å². The van der Waals surface area contributed by atoms with Crippen LogP contribution in [0.25, 0.3) is 0 Å². The smallest absolute Gasteiger partial charge is 0.224 e. The Morgan fingerprint density at radius 2 is 1.92 bits per heavy atom. The molecule has 2 N–H and O–H groups in total. The van der Waals surface area contributed by atoms with Crippen molar-refractivity contribution in [2.75, 3.05) is 11.9 Å². The van der Waals surface area contributed by atoms with Crippen LogP contribution in [0.4, 0.5) is 10.1 Å². The van der Waals surface area contributed by atoms with Gasteiger partial charge < -0.3 is 10.6 Å². The van der Waals surface area contributed by atoms with E-state index in [1.165, 1.54) is 5.56 Å². The number of fused-ring (bicyclic) bond motifs is 1. The van der Waals surface area contributed by atoms with E-state index in [0.29, 0.717) is 37.4 Å². The van der Waals surface area contributed by atoms with Gasteiger partial charge >= 0.3 is 0 Å². The molecular formula is C21H26ClFN2O. The van der Waals surface area contributed by atoms with Crippen LogP contribution in [0.5, 0.6) is 0 Å². The lowest BCUT2D eigenvalue weighted by molar-refractivity contribution is -0.116. The van der Waals surface area contributed by atoms with Crippen molar-refractivity contribution < 1.29 is 9.18 Å². The molecule has 1 heterocycles. The second-order valence-electron chi connectivity index (χ2n) is 6.94. The standard InChI is InChI=1S/C21H25FN2O.ClH/c1-14(2)16-6-3-15(4-7-16)5-10-20(25)24-19-9-8-17-13-23-12-11-18(17)21(19)22;/h3-4,6-9,14,23H,5,10-13H2,1-2H3,(H,24,25);1H. The van der Waals surface area contributed by atoms with Gasteiger partial charge in [-0.05, 0) is 53.6 Å². The highest BCUT2D eigenvalue weighted by molar-refractivity contribution is 5.91. The fourth-order valence-corrected chi connectivity index (χ4v) is 3.17. The third kappa shape index (κ3) is 4.83. The molecule has 2 aromatic carbocycles. The number of nitrogens with one attached hydrogen (secondary N) is 2. The first-order valence-electron chi connectivity index (χ1n) is 8.94. The second-order valence-corrected chi connectivity index (χ2v) is 6.94. The predicted octanol–water partition coefficient (Wildman–Crippen LogP) is 4.59. The van der Waals surface area contributed by atoms with Crippen molar-refractivity contribution in [3.8, 4) is 0 Å². The number of halogens is 2. The number of benzene rings is 2. The number of carbonyl (C=O) groups excluding carboxylic acids is 1. The summed E-state index contributed by atoms with van der Waals surface area (Å²) in [4.78, 5) is 12.2. The molecule has 1 aliphatic rings. The summed E-state index contributed by atoms with van der Waals surface area (Å²) in [5.74, 6) is 0.0638. The zero-order valence-electron chi connectivity index (χ0n) is 15.3. The van der Waals surface area contributed by atoms with Gasteiger partial charge in [0.15, 0.2) is 0 Å². The summed E-state index contributed by atoms with van der Waals surface area (Å²) in [6.45, 7) is 5.78. The molecule has 2 aromatic rings. The van der Waals surface area contributed by atoms with Crippen molar-refractivity contribution in [2.24, 2.45) is 0 Å². The molecule has 26 heavy (non-hydrogen) atoms. The molecule has 3 nitrogen and oxygen atoms in total. The lowest BCUT2D eigenvalue weighted by Crippen LogP contribution is -2.25. The fraction of sp³-hybridized carbons (Fsp3) is 0.381. The van der Waals surface area contributed by atoms with Crippen molar-refractivity contribution in [2.45, 2.75) is 45.6 Å². The van der Waals surface area contributed by atoms with Crippen LogP contribution in [0.2, 0.25) is 0 Å². The number of carbonyl (C=O) groups is 1. The normalized spacial score (nSPS) is 13.1. The van der Waals surface area contributed by atoms with Crippen LogP contribution in [0.3, 0.4) is 0 Å². The van der Waals surface area contributed by atoms with E-state index in [1.807, 2.05) is 6.07 Å². The number of hydrogen-bond donors (Lipinski definition) is 2. The van der Waals surface area contributed by atoms with Crippen LogP contribution in [0, 0.1) is 5.82 Å². The molecular weight excluding hydrogens is 351 g/mol. The largest absolute Gasteiger partial charge is 0.324 e. The highest BCUT2D eigenvalue weighted by Crippen LogP contribution is 2.24. The number of hydrogen-bond acceptors (Lipinski definition) is 2. The Bertz CT molecular complexity index is 759. The summed E-state index contributed by atoms with van der Waals surface area (Å²) >= 11 is 0. The summed E-state index contributed by atoms with van der Waals surface area (Å²) in [6, 6.07) is 11.9. The minimum Gasteiger partial charge on any atom is -0.324 e. The summed E-state index contributed by atoms with van der Waals surface area (Å²) in [5, 5.41) is 5.95. The third-order valence-corrected chi connectivity index (χ3v) is 4.77. The van der Waals surface area contributed by atoms with Crippen molar-refractivity contribution in [1.82, 2.24) is 5.32 Å². The van der Waals surface area contributed by atoms with E-state index in [0.717, 1.165) is 23.2 Å². The van der Waals surface area contributed by atoms with Gasteiger partial charge in [-0.15, -0.1) is 12.4 Å². The summed E-state index contributed by atoms with van der Waals surface area (Å²) in [6.07, 6.45) is 1.66. The van der Waals surface area contributed by atoms with Crippen LogP contribution in [0.15, 0.2) is 36.4 Å². The first-order valence-corrected chi connectivity index (χ1v) is 8.94. The van der Waals surface area contributed by atoms with E-state index >= 15 is 0 Å². The highest BCUT2D eigenvalue weighted by atomic mass is 35.5. The van der Waals surface area contributed by atoms with Gasteiger partial charge in [0.2, 0.25) is 5.91 Å². The number of amides is 1. The molecule has 0 aromatic heterocycles. The van der Waals surface area contributed by atoms with Gasteiger partial charge in [0.1, 0.15) is 5.82 Å². The van der Waals surface area contributed by atoms with Crippen LogP contribution >= 0.6 is 12.4 Å². The average Bonchev–Trinajstić information content (AvgIpc) is 2.63. The number of aryl methyl sites for hydroxylation is 1. The van der Waals surface area contributed by atoms with Crippen LogP contribution in [-0.4, -0.2) is 12.5 Å². The minimum atomic E-state index is -0.284. The van der Waals surface area contributed by atoms with Crippen LogP contribution < -0.4 is 10.6 Å². The lowest BCUT2D eigenvalue weighted by atomic mass is 9.99. The third-order valence-electron chi connectivity index (χ3n) is 4.77. The van der Waals surface area contributed by atoms with E-state index in [1.54, 1.807) is 6.07 Å². The van der Waals surface area contributed by atoms with E-state index in [2.05, 4.69) is 48.7 Å². The second kappa shape index (κ2) is 9.15. The fourth-order valence-electron chi connectivity index (χ4n) is 3.17.